The molecule has 1 N–H and O–H groups in total. The number of allylic oxidation sites excluding steroid dienone is 2. The first-order valence-corrected chi connectivity index (χ1v) is 8.76. The molecule has 0 bridgehead atoms. The summed E-state index contributed by atoms with van der Waals surface area (Å²) in [5.41, 5.74) is 7.00. The molecule has 0 aliphatic carbocycles. The summed E-state index contributed by atoms with van der Waals surface area (Å²) in [6.45, 7) is 9.26. The number of aromatic nitrogens is 2. The van der Waals surface area contributed by atoms with E-state index in [-0.39, 0.29) is 31.6 Å². The van der Waals surface area contributed by atoms with Crippen molar-refractivity contribution in [2.45, 2.75) is 34.6 Å². The summed E-state index contributed by atoms with van der Waals surface area (Å²) < 4.78 is 2.06. The van der Waals surface area contributed by atoms with Crippen molar-refractivity contribution < 1.29 is 30.0 Å². The van der Waals surface area contributed by atoms with Crippen LogP contribution in [0.3, 0.4) is 0 Å². The average molecular weight is 554 g/mol. The summed E-state index contributed by atoms with van der Waals surface area (Å²) in [5.74, 6) is -0.0625. The van der Waals surface area contributed by atoms with Crippen LogP contribution in [0.5, 0.6) is 0 Å². The Morgan fingerprint density at radius 2 is 1.75 bits per heavy atom. The summed E-state index contributed by atoms with van der Waals surface area (Å²) in [5, 5.41) is 8.36. The molecule has 1 radical (unpaired) electrons. The van der Waals surface area contributed by atoms with Gasteiger partial charge >= 0.3 is 0 Å². The molecule has 0 saturated heterocycles. The number of aryl methyl sites for hydroxylation is 3. The van der Waals surface area contributed by atoms with Crippen molar-refractivity contribution in [1.29, 1.82) is 0 Å². The van der Waals surface area contributed by atoms with Crippen LogP contribution in [0.4, 0.5) is 0 Å². The number of ketones is 1. The fourth-order valence-electron chi connectivity index (χ4n) is 3.00. The van der Waals surface area contributed by atoms with E-state index in [1.165, 1.54) is 42.3 Å². The third kappa shape index (κ3) is 6.59. The minimum atomic E-state index is -0.125. The van der Waals surface area contributed by atoms with Crippen LogP contribution in [0.15, 0.2) is 60.6 Å². The van der Waals surface area contributed by atoms with Crippen LogP contribution in [-0.2, 0) is 24.9 Å². The van der Waals surface area contributed by atoms with E-state index in [1.807, 2.05) is 24.4 Å². The third-order valence-corrected chi connectivity index (χ3v) is 3.86. The van der Waals surface area contributed by atoms with Crippen LogP contribution in [0.2, 0.25) is 0 Å². The van der Waals surface area contributed by atoms with Crippen LogP contribution in [0.25, 0.3) is 16.9 Å². The van der Waals surface area contributed by atoms with E-state index in [0.717, 1.165) is 11.3 Å². The summed E-state index contributed by atoms with van der Waals surface area (Å²) in [6, 6.07) is 12.4. The summed E-state index contributed by atoms with van der Waals surface area (Å²) in [7, 11) is 0. The molecule has 2 heterocycles. The van der Waals surface area contributed by atoms with Gasteiger partial charge in [-0.15, -0.1) is 6.07 Å². The molecule has 3 rings (SSSR count). The summed E-state index contributed by atoms with van der Waals surface area (Å²) in [6.07, 6.45) is 8.43. The number of carbonyl (C=O) groups excluding carboxylic acids is 1. The topological polar surface area (TPSA) is 55.1 Å². The number of nitrogens with zero attached hydrogens (tertiary/aromatic N) is 2. The molecule has 0 aliphatic rings. The monoisotopic (exact) mass is 554 g/mol. The SMILES string of the molecule is CC(=O)/C=C(/C)O.Cc1cc(C)c(-n2[c-]c(-c3ccccn3)cc2)c(C)c1.[Ir]. The second-order valence-corrected chi connectivity index (χ2v) is 6.57. The van der Waals surface area contributed by atoms with Gasteiger partial charge < -0.3 is 9.67 Å². The number of rotatable bonds is 3. The zero-order valence-electron chi connectivity index (χ0n) is 16.8. The van der Waals surface area contributed by atoms with Gasteiger partial charge in [-0.05, 0) is 52.6 Å². The number of aliphatic hydroxyl groups excluding tert-OH is 1. The minimum Gasteiger partial charge on any atom is -0.512 e. The van der Waals surface area contributed by atoms with Crippen molar-refractivity contribution in [3.8, 4) is 16.9 Å². The fourth-order valence-corrected chi connectivity index (χ4v) is 3.00. The average Bonchev–Trinajstić information content (AvgIpc) is 3.03. The number of benzene rings is 1. The molecular formula is C23H25IrN2O2-. The summed E-state index contributed by atoms with van der Waals surface area (Å²) in [4.78, 5) is 14.4. The van der Waals surface area contributed by atoms with Crippen molar-refractivity contribution in [3.63, 3.8) is 0 Å². The van der Waals surface area contributed by atoms with Crippen molar-refractivity contribution in [2.24, 2.45) is 0 Å². The molecule has 28 heavy (non-hydrogen) atoms. The molecule has 2 aromatic heterocycles. The van der Waals surface area contributed by atoms with Gasteiger partial charge in [-0.3, -0.25) is 9.78 Å². The van der Waals surface area contributed by atoms with Gasteiger partial charge in [0.2, 0.25) is 0 Å². The van der Waals surface area contributed by atoms with Gasteiger partial charge in [0, 0.05) is 38.1 Å². The first kappa shape index (κ1) is 23.5. The molecule has 4 nitrogen and oxygen atoms in total. The number of pyridine rings is 1. The number of hydrogen-bond acceptors (Lipinski definition) is 3. The van der Waals surface area contributed by atoms with E-state index in [4.69, 9.17) is 5.11 Å². The number of aliphatic hydroxyl groups is 1. The first-order chi connectivity index (χ1) is 12.8. The Bertz CT molecular complexity index is 933. The maximum Gasteiger partial charge on any atom is 0.155 e. The number of carbonyl (C=O) groups is 1. The smallest absolute Gasteiger partial charge is 0.155 e. The van der Waals surface area contributed by atoms with Crippen LogP contribution < -0.4 is 0 Å². The van der Waals surface area contributed by atoms with E-state index >= 15 is 0 Å². The Balaban J connectivity index is 0.000000425. The van der Waals surface area contributed by atoms with E-state index in [0.29, 0.717) is 0 Å². The predicted molar refractivity (Wildman–Crippen MR) is 109 cm³/mol. The van der Waals surface area contributed by atoms with Crippen LogP contribution in [-0.4, -0.2) is 20.4 Å². The van der Waals surface area contributed by atoms with Crippen LogP contribution >= 0.6 is 0 Å². The first-order valence-electron chi connectivity index (χ1n) is 8.76. The minimum absolute atomic E-state index is 0. The normalized spacial score (nSPS) is 10.5. The Hall–Kier alpha value is -2.49. The van der Waals surface area contributed by atoms with Crippen molar-refractivity contribution in [2.75, 3.05) is 0 Å². The molecule has 149 valence electrons. The van der Waals surface area contributed by atoms with E-state index < -0.39 is 0 Å². The number of hydrogen-bond donors (Lipinski definition) is 1. The Morgan fingerprint density at radius 3 is 2.21 bits per heavy atom. The van der Waals surface area contributed by atoms with Gasteiger partial charge in [-0.2, -0.15) is 0 Å². The Morgan fingerprint density at radius 1 is 1.11 bits per heavy atom. The molecule has 0 fully saturated rings. The van der Waals surface area contributed by atoms with Crippen molar-refractivity contribution in [3.05, 3.63) is 83.5 Å². The van der Waals surface area contributed by atoms with Gasteiger partial charge in [0.25, 0.3) is 0 Å². The molecule has 3 aromatic rings. The van der Waals surface area contributed by atoms with Gasteiger partial charge in [0.1, 0.15) is 0 Å². The molecule has 0 spiro atoms. The molecule has 0 atom stereocenters. The van der Waals surface area contributed by atoms with Gasteiger partial charge in [0.15, 0.2) is 5.78 Å². The molecule has 0 aliphatic heterocycles. The van der Waals surface area contributed by atoms with E-state index in [9.17, 15) is 4.79 Å². The summed E-state index contributed by atoms with van der Waals surface area (Å²) >= 11 is 0. The van der Waals surface area contributed by atoms with Crippen LogP contribution in [0.1, 0.15) is 30.5 Å². The standard InChI is InChI=1S/C18H17N2.C5H8O2.Ir/c1-13-10-14(2)18(15(3)11-13)20-9-7-16(12-20)17-6-4-5-8-19-17;1-4(6)3-5(2)7;/h4-11H,1-3H3;3,6H,1-2H3;/q-1;;/b;4-3-;. The van der Waals surface area contributed by atoms with E-state index in [2.05, 4.69) is 60.9 Å². The molecule has 1 aromatic carbocycles. The van der Waals surface area contributed by atoms with E-state index in [1.54, 1.807) is 0 Å². The zero-order valence-corrected chi connectivity index (χ0v) is 19.2. The fraction of sp³-hybridized carbons (Fsp3) is 0.217. The quantitative estimate of drug-likeness (QED) is 0.272. The molecule has 0 unspecified atom stereocenters. The van der Waals surface area contributed by atoms with Crippen molar-refractivity contribution >= 4 is 5.78 Å². The molecule has 5 heteroatoms. The largest absolute Gasteiger partial charge is 0.512 e. The van der Waals surface area contributed by atoms with Gasteiger partial charge in [-0.1, -0.05) is 52.7 Å². The second-order valence-electron chi connectivity index (χ2n) is 6.57. The third-order valence-electron chi connectivity index (χ3n) is 3.86. The van der Waals surface area contributed by atoms with Gasteiger partial charge in [0.05, 0.1) is 5.76 Å². The van der Waals surface area contributed by atoms with Crippen LogP contribution in [0, 0.1) is 27.0 Å². The molecule has 0 saturated carbocycles. The Labute approximate surface area is 180 Å². The maximum absolute atomic E-state index is 10.0. The Kier molecular flexibility index (Phi) is 9.04. The predicted octanol–water partition coefficient (Wildman–Crippen LogP) is 5.30. The van der Waals surface area contributed by atoms with Crippen molar-refractivity contribution in [1.82, 2.24) is 9.55 Å². The molecule has 0 amide bonds. The maximum atomic E-state index is 10.0. The van der Waals surface area contributed by atoms with Gasteiger partial charge in [-0.25, -0.2) is 0 Å². The molecular weight excluding hydrogens is 528 g/mol. The zero-order chi connectivity index (χ0) is 20.0. The second kappa shape index (κ2) is 10.7.